The summed E-state index contributed by atoms with van der Waals surface area (Å²) in [6.07, 6.45) is 0.229. The summed E-state index contributed by atoms with van der Waals surface area (Å²) in [7, 11) is 0. The van der Waals surface area contributed by atoms with E-state index in [0.717, 1.165) is 31.9 Å². The molecule has 0 spiro atoms. The Balaban J connectivity index is 1.23. The van der Waals surface area contributed by atoms with Gasteiger partial charge in [-0.05, 0) is 48.5 Å². The molecule has 5 rings (SSSR count). The van der Waals surface area contributed by atoms with Gasteiger partial charge in [0.1, 0.15) is 11.5 Å². The van der Waals surface area contributed by atoms with Crippen molar-refractivity contribution in [2.24, 2.45) is 0 Å². The monoisotopic (exact) mass is 427 g/mol. The number of carbonyl (C=O) groups excluding carboxylic acids is 2. The average molecular weight is 428 g/mol. The van der Waals surface area contributed by atoms with E-state index in [1.165, 1.54) is 10.6 Å². The molecule has 6 heteroatoms. The molecular formula is C26H25N3O3. The number of imide groups is 1. The van der Waals surface area contributed by atoms with Gasteiger partial charge in [-0.15, -0.1) is 0 Å². The summed E-state index contributed by atoms with van der Waals surface area (Å²) in [6, 6.07) is 26.5. The van der Waals surface area contributed by atoms with E-state index in [-0.39, 0.29) is 24.3 Å². The molecule has 2 fully saturated rings. The molecule has 2 saturated heterocycles. The minimum absolute atomic E-state index is 0.139. The van der Waals surface area contributed by atoms with Crippen LogP contribution in [0.15, 0.2) is 84.9 Å². The van der Waals surface area contributed by atoms with Crippen LogP contribution in [0.1, 0.15) is 6.42 Å². The number of carbonyl (C=O) groups is 2. The lowest BCUT2D eigenvalue weighted by Crippen LogP contribution is -2.52. The van der Waals surface area contributed by atoms with Crippen LogP contribution in [0.3, 0.4) is 0 Å². The van der Waals surface area contributed by atoms with E-state index < -0.39 is 0 Å². The van der Waals surface area contributed by atoms with Gasteiger partial charge in [0.05, 0.1) is 18.2 Å². The van der Waals surface area contributed by atoms with Gasteiger partial charge >= 0.3 is 0 Å². The molecule has 2 aliphatic rings. The lowest BCUT2D eigenvalue weighted by molar-refractivity contribution is -0.123. The molecule has 2 heterocycles. The van der Waals surface area contributed by atoms with Crippen molar-refractivity contribution in [1.29, 1.82) is 0 Å². The van der Waals surface area contributed by atoms with Gasteiger partial charge in [0, 0.05) is 31.9 Å². The molecule has 0 N–H and O–H groups in total. The Hall–Kier alpha value is -3.64. The van der Waals surface area contributed by atoms with Gasteiger partial charge in [-0.3, -0.25) is 14.5 Å². The predicted molar refractivity (Wildman–Crippen MR) is 124 cm³/mol. The number of ether oxygens (including phenoxy) is 1. The van der Waals surface area contributed by atoms with E-state index in [2.05, 4.69) is 21.9 Å². The summed E-state index contributed by atoms with van der Waals surface area (Å²) in [5.41, 5.74) is 1.78. The van der Waals surface area contributed by atoms with Gasteiger partial charge in [0.15, 0.2) is 0 Å². The van der Waals surface area contributed by atoms with Crippen LogP contribution in [0.25, 0.3) is 0 Å². The Bertz CT molecular complexity index is 1080. The number of nitrogens with zero attached hydrogens (tertiary/aromatic N) is 3. The number of rotatable bonds is 5. The highest BCUT2D eigenvalue weighted by molar-refractivity contribution is 6.22. The van der Waals surface area contributed by atoms with Crippen LogP contribution in [0.2, 0.25) is 0 Å². The van der Waals surface area contributed by atoms with E-state index in [9.17, 15) is 9.59 Å². The lowest BCUT2D eigenvalue weighted by atomic mass is 10.1. The molecule has 32 heavy (non-hydrogen) atoms. The lowest BCUT2D eigenvalue weighted by Gasteiger charge is -2.38. The van der Waals surface area contributed by atoms with E-state index in [4.69, 9.17) is 4.74 Å². The first kappa shape index (κ1) is 20.3. The Morgan fingerprint density at radius 1 is 0.656 bits per heavy atom. The molecule has 6 nitrogen and oxygen atoms in total. The van der Waals surface area contributed by atoms with Gasteiger partial charge in [-0.1, -0.05) is 36.4 Å². The second-order valence-electron chi connectivity index (χ2n) is 8.05. The van der Waals surface area contributed by atoms with Crippen molar-refractivity contribution >= 4 is 23.2 Å². The van der Waals surface area contributed by atoms with Crippen LogP contribution in [-0.4, -0.2) is 48.9 Å². The molecule has 0 radical (unpaired) electrons. The Labute approximate surface area is 187 Å². The maximum atomic E-state index is 13.2. The second-order valence-corrected chi connectivity index (χ2v) is 8.05. The average Bonchev–Trinajstić information content (AvgIpc) is 3.15. The third-order valence-corrected chi connectivity index (χ3v) is 6.07. The molecule has 0 saturated carbocycles. The quantitative estimate of drug-likeness (QED) is 0.578. The molecule has 0 aliphatic carbocycles. The van der Waals surface area contributed by atoms with Crippen LogP contribution in [0.4, 0.5) is 11.4 Å². The van der Waals surface area contributed by atoms with Crippen LogP contribution in [0.5, 0.6) is 11.5 Å². The summed E-state index contributed by atoms with van der Waals surface area (Å²) >= 11 is 0. The first-order chi connectivity index (χ1) is 15.7. The third-order valence-electron chi connectivity index (χ3n) is 6.07. The number of piperazine rings is 1. The highest BCUT2D eigenvalue weighted by Gasteiger charge is 2.43. The zero-order valence-electron chi connectivity index (χ0n) is 17.8. The first-order valence-electron chi connectivity index (χ1n) is 10.9. The zero-order chi connectivity index (χ0) is 21.9. The first-order valence-corrected chi connectivity index (χ1v) is 10.9. The van der Waals surface area contributed by atoms with Crippen LogP contribution in [0, 0.1) is 0 Å². The highest BCUT2D eigenvalue weighted by Crippen LogP contribution is 2.29. The smallest absolute Gasteiger partial charge is 0.251 e. The third kappa shape index (κ3) is 4.09. The van der Waals surface area contributed by atoms with Crippen molar-refractivity contribution < 1.29 is 14.3 Å². The molecule has 0 aromatic heterocycles. The van der Waals surface area contributed by atoms with E-state index >= 15 is 0 Å². The summed E-state index contributed by atoms with van der Waals surface area (Å²) < 4.78 is 5.81. The summed E-state index contributed by atoms with van der Waals surface area (Å²) in [4.78, 5) is 31.7. The molecule has 0 bridgehead atoms. The fourth-order valence-electron chi connectivity index (χ4n) is 4.39. The number of amides is 2. The Morgan fingerprint density at radius 2 is 1.25 bits per heavy atom. The van der Waals surface area contributed by atoms with Crippen LogP contribution >= 0.6 is 0 Å². The standard InChI is InChI=1S/C26H25N3O3/c30-25-19-24(28-17-15-27(16-18-28)20-7-3-1-4-8-20)26(31)29(25)21-11-13-23(14-12-21)32-22-9-5-2-6-10-22/h1-14,24H,15-19H2/t24-/m0/s1. The Kier molecular flexibility index (Phi) is 5.60. The minimum atomic E-state index is -0.388. The number of anilines is 2. The predicted octanol–water partition coefficient (Wildman–Crippen LogP) is 3.93. The Morgan fingerprint density at radius 3 is 1.91 bits per heavy atom. The number of hydrogen-bond donors (Lipinski definition) is 0. The molecule has 0 unspecified atom stereocenters. The number of hydrogen-bond acceptors (Lipinski definition) is 5. The number of para-hydroxylation sites is 2. The van der Waals surface area contributed by atoms with E-state index in [1.54, 1.807) is 24.3 Å². The minimum Gasteiger partial charge on any atom is -0.457 e. The van der Waals surface area contributed by atoms with Crippen LogP contribution in [-0.2, 0) is 9.59 Å². The normalized spacial score (nSPS) is 19.4. The largest absolute Gasteiger partial charge is 0.457 e. The molecule has 2 amide bonds. The highest BCUT2D eigenvalue weighted by atomic mass is 16.5. The number of benzene rings is 3. The second kappa shape index (κ2) is 8.85. The van der Waals surface area contributed by atoms with Crippen molar-refractivity contribution in [1.82, 2.24) is 4.90 Å². The van der Waals surface area contributed by atoms with Crippen LogP contribution < -0.4 is 14.5 Å². The summed E-state index contributed by atoms with van der Waals surface area (Å²) in [5.74, 6) is 1.11. The SMILES string of the molecule is O=C1C[C@H](N2CCN(c3ccccc3)CC2)C(=O)N1c1ccc(Oc2ccccc2)cc1. The van der Waals surface area contributed by atoms with Crippen molar-refractivity contribution in [3.05, 3.63) is 84.9 Å². The zero-order valence-corrected chi connectivity index (χ0v) is 17.8. The van der Waals surface area contributed by atoms with Crippen molar-refractivity contribution in [3.8, 4) is 11.5 Å². The van der Waals surface area contributed by atoms with Gasteiger partial charge < -0.3 is 9.64 Å². The summed E-state index contributed by atoms with van der Waals surface area (Å²) in [5, 5.41) is 0. The molecule has 1 atom stereocenters. The van der Waals surface area contributed by atoms with Crippen molar-refractivity contribution in [2.45, 2.75) is 12.5 Å². The summed E-state index contributed by atoms with van der Waals surface area (Å²) in [6.45, 7) is 3.20. The van der Waals surface area contributed by atoms with Gasteiger partial charge in [-0.2, -0.15) is 0 Å². The molecule has 3 aromatic rings. The topological polar surface area (TPSA) is 53.1 Å². The fraction of sp³-hybridized carbons (Fsp3) is 0.231. The molecule has 3 aromatic carbocycles. The van der Waals surface area contributed by atoms with Crippen molar-refractivity contribution in [3.63, 3.8) is 0 Å². The van der Waals surface area contributed by atoms with Gasteiger partial charge in [0.25, 0.3) is 5.91 Å². The maximum Gasteiger partial charge on any atom is 0.251 e. The van der Waals surface area contributed by atoms with E-state index in [0.29, 0.717) is 11.4 Å². The molecule has 2 aliphatic heterocycles. The molecular weight excluding hydrogens is 402 g/mol. The van der Waals surface area contributed by atoms with Gasteiger partial charge in [0.2, 0.25) is 5.91 Å². The fourth-order valence-corrected chi connectivity index (χ4v) is 4.39. The van der Waals surface area contributed by atoms with Crippen molar-refractivity contribution in [2.75, 3.05) is 36.0 Å². The van der Waals surface area contributed by atoms with E-state index in [1.807, 2.05) is 48.5 Å². The van der Waals surface area contributed by atoms with Gasteiger partial charge in [-0.25, -0.2) is 4.90 Å². The maximum absolute atomic E-state index is 13.2. The molecule has 162 valence electrons.